The Morgan fingerprint density at radius 3 is 2.29 bits per heavy atom. The first-order chi connectivity index (χ1) is 24.5. The van der Waals surface area contributed by atoms with Crippen LogP contribution in [0.2, 0.25) is 0 Å². The summed E-state index contributed by atoms with van der Waals surface area (Å²) in [6.45, 7) is 5.14. The van der Waals surface area contributed by atoms with Crippen LogP contribution < -0.4 is 14.5 Å². The smallest absolute Gasteiger partial charge is 0.269 e. The maximum atomic E-state index is 16.2. The molecule has 3 aliphatic heterocycles. The Kier molecular flexibility index (Phi) is 9.16. The molecule has 0 unspecified atom stereocenters. The van der Waals surface area contributed by atoms with Gasteiger partial charge in [0.05, 0.1) is 37.1 Å². The fourth-order valence-electron chi connectivity index (χ4n) is 8.19. The zero-order chi connectivity index (χ0) is 35.9. The Bertz CT molecular complexity index is 1930. The van der Waals surface area contributed by atoms with E-state index in [2.05, 4.69) is 0 Å². The second-order valence-corrected chi connectivity index (χ2v) is 14.1. The Morgan fingerprint density at radius 1 is 0.922 bits per heavy atom. The maximum absolute atomic E-state index is 16.2. The summed E-state index contributed by atoms with van der Waals surface area (Å²) >= 11 is 0. The minimum absolute atomic E-state index is 0.0616. The minimum Gasteiger partial charge on any atom is -0.482 e. The summed E-state index contributed by atoms with van der Waals surface area (Å²) in [5, 5.41) is 9.78. The van der Waals surface area contributed by atoms with Crippen molar-refractivity contribution in [1.29, 1.82) is 0 Å². The molecule has 0 saturated carbocycles. The van der Waals surface area contributed by atoms with Gasteiger partial charge in [0.15, 0.2) is 12.2 Å². The molecule has 4 aromatic rings. The summed E-state index contributed by atoms with van der Waals surface area (Å²) < 4.78 is 28.6. The predicted octanol–water partition coefficient (Wildman–Crippen LogP) is 6.30. The minimum atomic E-state index is -1.77. The van der Waals surface area contributed by atoms with Gasteiger partial charge in [0, 0.05) is 36.2 Å². The molecule has 9 nitrogen and oxygen atoms in total. The number of aliphatic hydroxyl groups is 1. The highest BCUT2D eigenvalue weighted by Crippen LogP contribution is 2.58. The summed E-state index contributed by atoms with van der Waals surface area (Å²) in [5.41, 5.74) is 1.12. The van der Waals surface area contributed by atoms with Gasteiger partial charge >= 0.3 is 0 Å². The molecule has 1 N–H and O–H groups in total. The van der Waals surface area contributed by atoms with Crippen LogP contribution in [0.15, 0.2) is 103 Å². The van der Waals surface area contributed by atoms with Crippen LogP contribution in [0, 0.1) is 11.8 Å². The number of benzene rings is 4. The molecular weight excluding hydrogens is 649 g/mol. The number of carbonyl (C=O) groups is 3. The number of amides is 3. The number of alkyl halides is 1. The number of anilines is 3. The van der Waals surface area contributed by atoms with Gasteiger partial charge in [-0.3, -0.25) is 19.3 Å². The van der Waals surface area contributed by atoms with E-state index >= 15 is 4.39 Å². The highest BCUT2D eigenvalue weighted by atomic mass is 19.1. The van der Waals surface area contributed by atoms with Crippen LogP contribution in [0.25, 0.3) is 0 Å². The van der Waals surface area contributed by atoms with Crippen molar-refractivity contribution < 1.29 is 33.4 Å². The molecule has 10 heteroatoms. The first-order valence-electron chi connectivity index (χ1n) is 17.4. The van der Waals surface area contributed by atoms with E-state index in [1.54, 1.807) is 14.7 Å². The molecule has 0 bridgehead atoms. The molecule has 4 atom stereocenters. The highest BCUT2D eigenvalue weighted by Gasteiger charge is 2.66. The zero-order valence-corrected chi connectivity index (χ0v) is 29.0. The predicted molar refractivity (Wildman–Crippen MR) is 191 cm³/mol. The highest BCUT2D eigenvalue weighted by molar-refractivity contribution is 6.08. The van der Waals surface area contributed by atoms with Gasteiger partial charge < -0.3 is 24.4 Å². The standard InChI is InChI=1S/C41H42FN3O6/c1-27-38(40(2,3)42)35(23-36(47)43(21-22-46)24-28-11-5-4-6-12-28)51-41(27)31-13-7-8-14-32(31)44(39(41)49)25-29-17-19-30(20-18-29)45-33-15-9-10-16-34(33)50-26-37(45)48/h4-20,27,35,38,46H,21-26H2,1-3H3/t27-,35+,38-,41+/m0/s1. The van der Waals surface area contributed by atoms with E-state index in [0.717, 1.165) is 11.1 Å². The number of aliphatic hydroxyl groups excluding tert-OH is 1. The number of hydrogen-bond donors (Lipinski definition) is 1. The Morgan fingerprint density at radius 2 is 1.59 bits per heavy atom. The van der Waals surface area contributed by atoms with Crippen LogP contribution in [-0.4, -0.2) is 59.3 Å². The number of fused-ring (bicyclic) bond motifs is 3. The lowest BCUT2D eigenvalue weighted by molar-refractivity contribution is -0.150. The molecule has 51 heavy (non-hydrogen) atoms. The number of nitrogens with zero attached hydrogens (tertiary/aromatic N) is 3. The van der Waals surface area contributed by atoms with Crippen molar-refractivity contribution >= 4 is 34.8 Å². The van der Waals surface area contributed by atoms with E-state index in [0.29, 0.717) is 28.4 Å². The number of ether oxygens (including phenoxy) is 2. The summed E-state index contributed by atoms with van der Waals surface area (Å²) in [4.78, 5) is 46.3. The Balaban J connectivity index is 1.16. The van der Waals surface area contributed by atoms with Gasteiger partial charge in [0.2, 0.25) is 5.91 Å². The molecule has 264 valence electrons. The number of rotatable bonds is 10. The van der Waals surface area contributed by atoms with Gasteiger partial charge in [-0.25, -0.2) is 4.39 Å². The van der Waals surface area contributed by atoms with Crippen LogP contribution in [0.1, 0.15) is 43.9 Å². The van der Waals surface area contributed by atoms with Crippen molar-refractivity contribution in [3.8, 4) is 5.75 Å². The molecule has 1 spiro atoms. The van der Waals surface area contributed by atoms with Gasteiger partial charge in [-0.1, -0.05) is 79.7 Å². The third kappa shape index (κ3) is 6.16. The number of carbonyl (C=O) groups excluding carboxylic acids is 3. The zero-order valence-electron chi connectivity index (χ0n) is 29.0. The van der Waals surface area contributed by atoms with Crippen molar-refractivity contribution in [3.05, 3.63) is 120 Å². The van der Waals surface area contributed by atoms with E-state index in [9.17, 15) is 19.5 Å². The molecule has 7 rings (SSSR count). The average Bonchev–Trinajstić information content (AvgIpc) is 3.55. The number of para-hydroxylation sites is 3. The van der Waals surface area contributed by atoms with E-state index in [-0.39, 0.29) is 57.0 Å². The monoisotopic (exact) mass is 691 g/mol. The third-order valence-corrected chi connectivity index (χ3v) is 10.4. The number of hydrogen-bond acceptors (Lipinski definition) is 6. The SMILES string of the molecule is C[C@H]1[C@H](C(C)(C)F)[C@@H](CC(=O)N(CCO)Cc2ccccc2)O[C@]12C(=O)N(Cc1ccc(N3C(=O)COc4ccccc43)cc1)c1ccccc12. The molecule has 0 radical (unpaired) electrons. The van der Waals surface area contributed by atoms with Gasteiger partial charge in [0.25, 0.3) is 11.8 Å². The van der Waals surface area contributed by atoms with Gasteiger partial charge in [-0.05, 0) is 55.3 Å². The largest absolute Gasteiger partial charge is 0.482 e. The topological polar surface area (TPSA) is 99.6 Å². The van der Waals surface area contributed by atoms with Crippen molar-refractivity contribution in [2.45, 2.75) is 57.7 Å². The van der Waals surface area contributed by atoms with Gasteiger partial charge in [0.1, 0.15) is 11.4 Å². The fraction of sp³-hybridized carbons (Fsp3) is 0.341. The van der Waals surface area contributed by atoms with Crippen molar-refractivity contribution in [2.75, 3.05) is 29.6 Å². The second kappa shape index (κ2) is 13.6. The van der Waals surface area contributed by atoms with Crippen LogP contribution >= 0.6 is 0 Å². The van der Waals surface area contributed by atoms with E-state index < -0.39 is 29.2 Å². The first-order valence-corrected chi connectivity index (χ1v) is 17.4. The van der Waals surface area contributed by atoms with E-state index in [4.69, 9.17) is 9.47 Å². The van der Waals surface area contributed by atoms with E-state index in [1.807, 2.05) is 110 Å². The van der Waals surface area contributed by atoms with E-state index in [1.165, 1.54) is 13.8 Å². The lowest BCUT2D eigenvalue weighted by Gasteiger charge is -2.32. The van der Waals surface area contributed by atoms with Gasteiger partial charge in [-0.2, -0.15) is 0 Å². The first kappa shape index (κ1) is 34.4. The summed E-state index contributed by atoms with van der Waals surface area (Å²) in [5.74, 6) is -1.53. The van der Waals surface area contributed by atoms with Crippen molar-refractivity contribution in [3.63, 3.8) is 0 Å². The quantitative estimate of drug-likeness (QED) is 0.210. The normalized spacial score (nSPS) is 22.6. The summed E-state index contributed by atoms with van der Waals surface area (Å²) in [6.07, 6.45) is -1.04. The second-order valence-electron chi connectivity index (χ2n) is 14.1. The fourth-order valence-corrected chi connectivity index (χ4v) is 8.19. The van der Waals surface area contributed by atoms with Crippen molar-refractivity contribution in [2.24, 2.45) is 11.8 Å². The van der Waals surface area contributed by atoms with Crippen LogP contribution in [-0.2, 0) is 37.8 Å². The molecule has 3 heterocycles. The van der Waals surface area contributed by atoms with Gasteiger partial charge in [-0.15, -0.1) is 0 Å². The molecule has 0 aromatic heterocycles. The molecule has 4 aromatic carbocycles. The number of halogens is 1. The molecule has 1 fully saturated rings. The van der Waals surface area contributed by atoms with Crippen LogP contribution in [0.4, 0.5) is 21.5 Å². The molecule has 3 amide bonds. The molecule has 1 saturated heterocycles. The molecular formula is C41H42FN3O6. The lowest BCUT2D eigenvalue weighted by atomic mass is 9.71. The van der Waals surface area contributed by atoms with Crippen molar-refractivity contribution in [1.82, 2.24) is 4.90 Å². The summed E-state index contributed by atoms with van der Waals surface area (Å²) in [7, 11) is 0. The molecule has 0 aliphatic carbocycles. The average molecular weight is 692 g/mol. The Labute approximate surface area is 297 Å². The Hall–Kier alpha value is -5.06. The van der Waals surface area contributed by atoms with Crippen LogP contribution in [0.3, 0.4) is 0 Å². The maximum Gasteiger partial charge on any atom is 0.269 e. The third-order valence-electron chi connectivity index (χ3n) is 10.4. The molecule has 3 aliphatic rings. The van der Waals surface area contributed by atoms with Crippen LogP contribution in [0.5, 0.6) is 5.75 Å². The summed E-state index contributed by atoms with van der Waals surface area (Å²) in [6, 6.07) is 31.8. The lowest BCUT2D eigenvalue weighted by Crippen LogP contribution is -2.45.